The molecule has 0 saturated heterocycles. The van der Waals surface area contributed by atoms with E-state index in [0.717, 1.165) is 57.7 Å². The van der Waals surface area contributed by atoms with E-state index in [4.69, 9.17) is 0 Å². The highest BCUT2D eigenvalue weighted by Gasteiger charge is 2.70. The Labute approximate surface area is 211 Å². The highest BCUT2D eigenvalue weighted by molar-refractivity contribution is 5.98. The number of carbonyl (C=O) groups excluding carboxylic acids is 2. The average Bonchev–Trinajstić information content (AvgIpc) is 2.76. The predicted octanol–water partition coefficient (Wildman–Crippen LogP) is 6.87. The second-order valence-corrected chi connectivity index (χ2v) is 15.2. The third kappa shape index (κ3) is 3.00. The molecule has 0 spiro atoms. The SMILES string of the molecule is CC1(C)CC[C@]2(C(=O)O)CC[C@]3(C)C(=CC[C@@H]4[C@@]5(C)CC(C=O)C(=O)C(C)(C)[C@@H]5CC[C@]43C)[C@@H]2C1. The molecule has 4 nitrogen and oxygen atoms in total. The average molecular weight is 483 g/mol. The largest absolute Gasteiger partial charge is 0.481 e. The van der Waals surface area contributed by atoms with Crippen molar-refractivity contribution in [3.05, 3.63) is 11.6 Å². The Kier molecular flexibility index (Phi) is 5.27. The molecule has 0 bridgehead atoms. The summed E-state index contributed by atoms with van der Waals surface area (Å²) >= 11 is 0. The van der Waals surface area contributed by atoms with Crippen molar-refractivity contribution in [1.29, 1.82) is 0 Å². The molecule has 35 heavy (non-hydrogen) atoms. The van der Waals surface area contributed by atoms with Crippen molar-refractivity contribution in [3.63, 3.8) is 0 Å². The maximum atomic E-state index is 13.2. The molecule has 0 aromatic heterocycles. The second-order valence-electron chi connectivity index (χ2n) is 15.2. The van der Waals surface area contributed by atoms with E-state index in [-0.39, 0.29) is 39.3 Å². The van der Waals surface area contributed by atoms with Gasteiger partial charge in [0.15, 0.2) is 0 Å². The lowest BCUT2D eigenvalue weighted by Crippen LogP contribution is -2.65. The van der Waals surface area contributed by atoms with Crippen LogP contribution in [-0.4, -0.2) is 23.1 Å². The van der Waals surface area contributed by atoms with Crippen molar-refractivity contribution in [2.75, 3.05) is 0 Å². The Bertz CT molecular complexity index is 1010. The lowest BCUT2D eigenvalue weighted by atomic mass is 9.33. The normalized spacial score (nSPS) is 50.0. The van der Waals surface area contributed by atoms with Crippen LogP contribution in [0, 0.1) is 56.2 Å². The molecule has 0 aromatic rings. The molecule has 0 aromatic carbocycles. The van der Waals surface area contributed by atoms with E-state index in [1.807, 2.05) is 0 Å². The number of allylic oxidation sites excluding steroid dienone is 2. The first-order valence-corrected chi connectivity index (χ1v) is 14.0. The maximum absolute atomic E-state index is 13.2. The first kappa shape index (κ1) is 25.2. The van der Waals surface area contributed by atoms with Crippen LogP contribution in [0.2, 0.25) is 0 Å². The zero-order chi connectivity index (χ0) is 25.8. The van der Waals surface area contributed by atoms with Crippen LogP contribution in [0.3, 0.4) is 0 Å². The van der Waals surface area contributed by atoms with E-state index >= 15 is 0 Å². The summed E-state index contributed by atoms with van der Waals surface area (Å²) in [6.07, 6.45) is 11.5. The summed E-state index contributed by atoms with van der Waals surface area (Å²) in [5.41, 5.74) is 0.416. The molecule has 1 N–H and O–H groups in total. The molecule has 5 aliphatic rings. The topological polar surface area (TPSA) is 71.4 Å². The molecule has 0 aliphatic heterocycles. The van der Waals surface area contributed by atoms with E-state index in [1.165, 1.54) is 5.57 Å². The van der Waals surface area contributed by atoms with Crippen LogP contribution in [0.25, 0.3) is 0 Å². The van der Waals surface area contributed by atoms with Crippen molar-refractivity contribution in [2.45, 2.75) is 106 Å². The van der Waals surface area contributed by atoms with Gasteiger partial charge in [0.05, 0.1) is 11.3 Å². The van der Waals surface area contributed by atoms with Gasteiger partial charge in [0.25, 0.3) is 0 Å². The van der Waals surface area contributed by atoms with Gasteiger partial charge in [0, 0.05) is 5.41 Å². The van der Waals surface area contributed by atoms with Gasteiger partial charge in [-0.3, -0.25) is 9.59 Å². The van der Waals surface area contributed by atoms with Crippen LogP contribution >= 0.6 is 0 Å². The highest BCUT2D eigenvalue weighted by atomic mass is 16.4. The summed E-state index contributed by atoms with van der Waals surface area (Å²) in [5, 5.41) is 10.5. The number of fused-ring (bicyclic) bond motifs is 7. The van der Waals surface area contributed by atoms with Gasteiger partial charge in [0.1, 0.15) is 12.1 Å². The smallest absolute Gasteiger partial charge is 0.310 e. The van der Waals surface area contributed by atoms with Crippen molar-refractivity contribution >= 4 is 18.0 Å². The number of rotatable bonds is 2. The molecule has 0 amide bonds. The molecule has 194 valence electrons. The quantitative estimate of drug-likeness (QED) is 0.265. The Morgan fingerprint density at radius 3 is 2.23 bits per heavy atom. The van der Waals surface area contributed by atoms with Gasteiger partial charge >= 0.3 is 5.97 Å². The number of Topliss-reactive ketones (excluding diaryl/α,β-unsaturated/α-hetero) is 1. The van der Waals surface area contributed by atoms with Gasteiger partial charge in [-0.2, -0.15) is 0 Å². The zero-order valence-electron chi connectivity index (χ0n) is 23.0. The van der Waals surface area contributed by atoms with Gasteiger partial charge in [-0.15, -0.1) is 0 Å². The minimum Gasteiger partial charge on any atom is -0.481 e. The standard InChI is InChI=1S/C31H46O4/c1-26(2)12-14-31(25(34)35)15-13-29(6)20(21(31)17-26)8-9-23-28(5)16-19(18-32)24(33)27(3,4)22(28)10-11-30(23,29)7/h8,18-19,21-23H,9-17H2,1-7H3,(H,34,35)/t19?,21-,22-,23+,28-,29+,30+,31-/m0/s1. The number of carboxylic acid groups (broad SMARTS) is 1. The Balaban J connectivity index is 1.62. The number of aldehydes is 1. The number of aliphatic carboxylic acids is 1. The molecule has 0 heterocycles. The summed E-state index contributed by atoms with van der Waals surface area (Å²) < 4.78 is 0. The van der Waals surface area contributed by atoms with Gasteiger partial charge in [-0.1, -0.05) is 60.1 Å². The number of carbonyl (C=O) groups is 3. The van der Waals surface area contributed by atoms with Crippen LogP contribution in [0.5, 0.6) is 0 Å². The third-order valence-corrected chi connectivity index (χ3v) is 13.0. The number of hydrogen-bond donors (Lipinski definition) is 1. The first-order chi connectivity index (χ1) is 16.1. The molecule has 4 fully saturated rings. The monoisotopic (exact) mass is 482 g/mol. The van der Waals surface area contributed by atoms with Crippen molar-refractivity contribution in [3.8, 4) is 0 Å². The second kappa shape index (κ2) is 7.32. The van der Waals surface area contributed by atoms with Crippen LogP contribution in [0.4, 0.5) is 0 Å². The Morgan fingerprint density at radius 1 is 0.943 bits per heavy atom. The zero-order valence-corrected chi connectivity index (χ0v) is 23.0. The predicted molar refractivity (Wildman–Crippen MR) is 137 cm³/mol. The van der Waals surface area contributed by atoms with Gasteiger partial charge in [-0.25, -0.2) is 0 Å². The molecule has 5 rings (SSSR count). The molecular weight excluding hydrogens is 436 g/mol. The van der Waals surface area contributed by atoms with Crippen LogP contribution < -0.4 is 0 Å². The fraction of sp³-hybridized carbons (Fsp3) is 0.839. The van der Waals surface area contributed by atoms with E-state index in [0.29, 0.717) is 12.3 Å². The highest BCUT2D eigenvalue weighted by Crippen LogP contribution is 2.75. The van der Waals surface area contributed by atoms with Gasteiger partial charge < -0.3 is 9.90 Å². The summed E-state index contributed by atoms with van der Waals surface area (Å²) in [6.45, 7) is 16.1. The van der Waals surface area contributed by atoms with Crippen molar-refractivity contribution in [2.24, 2.45) is 56.2 Å². The molecule has 5 aliphatic carbocycles. The maximum Gasteiger partial charge on any atom is 0.310 e. The van der Waals surface area contributed by atoms with Gasteiger partial charge in [-0.05, 0) is 97.2 Å². The number of ketones is 1. The Hall–Kier alpha value is -1.45. The molecule has 4 saturated carbocycles. The summed E-state index contributed by atoms with van der Waals surface area (Å²) in [5.74, 6) is -0.179. The van der Waals surface area contributed by atoms with E-state index < -0.39 is 22.7 Å². The summed E-state index contributed by atoms with van der Waals surface area (Å²) in [4.78, 5) is 38.0. The molecule has 1 unspecified atom stereocenters. The van der Waals surface area contributed by atoms with Crippen LogP contribution in [0.15, 0.2) is 11.6 Å². The van der Waals surface area contributed by atoms with Crippen LogP contribution in [0.1, 0.15) is 106 Å². The minimum atomic E-state index is -0.618. The first-order valence-electron chi connectivity index (χ1n) is 14.0. The number of carboxylic acids is 1. The van der Waals surface area contributed by atoms with E-state index in [1.54, 1.807) is 0 Å². The Morgan fingerprint density at radius 2 is 1.60 bits per heavy atom. The van der Waals surface area contributed by atoms with Crippen molar-refractivity contribution in [1.82, 2.24) is 0 Å². The molecule has 4 heteroatoms. The van der Waals surface area contributed by atoms with Crippen LogP contribution in [-0.2, 0) is 14.4 Å². The van der Waals surface area contributed by atoms with E-state index in [2.05, 4.69) is 54.5 Å². The minimum absolute atomic E-state index is 0.0385. The van der Waals surface area contributed by atoms with Gasteiger partial charge in [0.2, 0.25) is 0 Å². The fourth-order valence-electron chi connectivity index (χ4n) is 10.8. The third-order valence-electron chi connectivity index (χ3n) is 13.0. The van der Waals surface area contributed by atoms with E-state index in [9.17, 15) is 19.5 Å². The molecular formula is C31H46O4. The molecule has 8 atom stereocenters. The summed E-state index contributed by atoms with van der Waals surface area (Å²) in [7, 11) is 0. The molecule has 0 radical (unpaired) electrons. The number of hydrogen-bond acceptors (Lipinski definition) is 3. The fourth-order valence-corrected chi connectivity index (χ4v) is 10.8. The lowest BCUT2D eigenvalue weighted by Gasteiger charge is -2.70. The lowest BCUT2D eigenvalue weighted by molar-refractivity contribution is -0.194. The summed E-state index contributed by atoms with van der Waals surface area (Å²) in [6, 6.07) is 0. The van der Waals surface area contributed by atoms with Crippen molar-refractivity contribution < 1.29 is 19.5 Å².